The van der Waals surface area contributed by atoms with Crippen molar-refractivity contribution in [1.29, 1.82) is 0 Å². The highest BCUT2D eigenvalue weighted by Gasteiger charge is 2.17. The number of rotatable bonds is 4. The van der Waals surface area contributed by atoms with Crippen LogP contribution < -0.4 is 15.8 Å². The fraction of sp³-hybridized carbons (Fsp3) is 0.417. The summed E-state index contributed by atoms with van der Waals surface area (Å²) in [7, 11) is 1.43. The minimum Gasteiger partial charge on any atom is -0.504 e. The van der Waals surface area contributed by atoms with Crippen molar-refractivity contribution < 1.29 is 14.6 Å². The number of amides is 1. The van der Waals surface area contributed by atoms with E-state index in [0.29, 0.717) is 6.54 Å². The molecule has 94 valence electrons. The topological polar surface area (TPSA) is 84.6 Å². The van der Waals surface area contributed by atoms with E-state index in [4.69, 9.17) is 10.5 Å². The maximum absolute atomic E-state index is 11.8. The number of benzene rings is 1. The Bertz CT molecular complexity index is 411. The lowest BCUT2D eigenvalue weighted by Crippen LogP contribution is -2.45. The van der Waals surface area contributed by atoms with E-state index in [9.17, 15) is 9.90 Å². The molecule has 0 fully saturated rings. The number of phenolic OH excluding ortho intramolecular Hbond substituents is 1. The minimum atomic E-state index is -0.496. The fourth-order valence-corrected chi connectivity index (χ4v) is 1.27. The van der Waals surface area contributed by atoms with Gasteiger partial charge in [0.1, 0.15) is 0 Å². The van der Waals surface area contributed by atoms with Crippen LogP contribution in [0.15, 0.2) is 18.2 Å². The number of aromatic hydroxyl groups is 1. The smallest absolute Gasteiger partial charge is 0.255 e. The van der Waals surface area contributed by atoms with Gasteiger partial charge in [-0.2, -0.15) is 0 Å². The van der Waals surface area contributed by atoms with Crippen molar-refractivity contribution in [2.24, 2.45) is 5.73 Å². The monoisotopic (exact) mass is 238 g/mol. The van der Waals surface area contributed by atoms with E-state index in [-0.39, 0.29) is 23.0 Å². The second-order valence-corrected chi connectivity index (χ2v) is 4.53. The summed E-state index contributed by atoms with van der Waals surface area (Å²) in [5, 5.41) is 12.4. The standard InChI is InChI=1S/C12H18N2O3/c1-12(2,13)7-14-11(16)8-5-4-6-9(17-3)10(8)15/h4-6,15H,7,13H2,1-3H3,(H,14,16). The van der Waals surface area contributed by atoms with Crippen LogP contribution in [0.4, 0.5) is 0 Å². The van der Waals surface area contributed by atoms with Crippen LogP contribution >= 0.6 is 0 Å². The molecule has 1 amide bonds. The predicted molar refractivity (Wildman–Crippen MR) is 65.3 cm³/mol. The Morgan fingerprint density at radius 2 is 2.18 bits per heavy atom. The molecule has 0 unspecified atom stereocenters. The highest BCUT2D eigenvalue weighted by Crippen LogP contribution is 2.29. The van der Waals surface area contributed by atoms with Gasteiger partial charge in [-0.3, -0.25) is 4.79 Å². The molecule has 1 rings (SSSR count). The highest BCUT2D eigenvalue weighted by atomic mass is 16.5. The summed E-state index contributed by atoms with van der Waals surface area (Å²) < 4.78 is 4.93. The molecule has 0 aliphatic rings. The molecule has 0 bridgehead atoms. The summed E-state index contributed by atoms with van der Waals surface area (Å²) in [6.07, 6.45) is 0. The molecule has 0 atom stereocenters. The number of methoxy groups -OCH3 is 1. The van der Waals surface area contributed by atoms with Crippen LogP contribution in [-0.2, 0) is 0 Å². The average Bonchev–Trinajstić information content (AvgIpc) is 2.25. The number of nitrogens with one attached hydrogen (secondary N) is 1. The Hall–Kier alpha value is -1.75. The maximum atomic E-state index is 11.8. The molecule has 4 N–H and O–H groups in total. The van der Waals surface area contributed by atoms with Gasteiger partial charge >= 0.3 is 0 Å². The molecule has 0 aromatic heterocycles. The van der Waals surface area contributed by atoms with Crippen LogP contribution in [0.25, 0.3) is 0 Å². The Kier molecular flexibility index (Phi) is 3.96. The molecule has 0 saturated carbocycles. The molecule has 5 nitrogen and oxygen atoms in total. The summed E-state index contributed by atoms with van der Waals surface area (Å²) in [5.74, 6) is -0.271. The van der Waals surface area contributed by atoms with Gasteiger partial charge in [0.15, 0.2) is 11.5 Å². The number of para-hydroxylation sites is 1. The molecule has 1 aromatic carbocycles. The molecule has 1 aromatic rings. The third kappa shape index (κ3) is 3.64. The van der Waals surface area contributed by atoms with Crippen molar-refractivity contribution in [2.75, 3.05) is 13.7 Å². The number of nitrogens with two attached hydrogens (primary N) is 1. The first kappa shape index (κ1) is 13.3. The molecule has 0 radical (unpaired) electrons. The summed E-state index contributed by atoms with van der Waals surface area (Å²) in [4.78, 5) is 11.8. The molecule has 0 heterocycles. The van der Waals surface area contributed by atoms with Gasteiger partial charge in [-0.1, -0.05) is 6.07 Å². The zero-order chi connectivity index (χ0) is 13.1. The van der Waals surface area contributed by atoms with Gasteiger partial charge in [-0.15, -0.1) is 0 Å². The van der Waals surface area contributed by atoms with E-state index in [2.05, 4.69) is 5.32 Å². The zero-order valence-corrected chi connectivity index (χ0v) is 10.3. The summed E-state index contributed by atoms with van der Waals surface area (Å²) >= 11 is 0. The van der Waals surface area contributed by atoms with Crippen molar-refractivity contribution in [3.63, 3.8) is 0 Å². The third-order valence-corrected chi connectivity index (χ3v) is 2.17. The summed E-state index contributed by atoms with van der Waals surface area (Å²) in [6.45, 7) is 3.93. The van der Waals surface area contributed by atoms with Crippen molar-refractivity contribution in [2.45, 2.75) is 19.4 Å². The van der Waals surface area contributed by atoms with Gasteiger partial charge in [0.25, 0.3) is 5.91 Å². The average molecular weight is 238 g/mol. The van der Waals surface area contributed by atoms with E-state index >= 15 is 0 Å². The number of hydrogen-bond acceptors (Lipinski definition) is 4. The molecular formula is C12H18N2O3. The molecule has 17 heavy (non-hydrogen) atoms. The largest absolute Gasteiger partial charge is 0.504 e. The van der Waals surface area contributed by atoms with E-state index in [0.717, 1.165) is 0 Å². The number of hydrogen-bond donors (Lipinski definition) is 3. The Labute approximate surface area is 101 Å². The van der Waals surface area contributed by atoms with Gasteiger partial charge in [-0.25, -0.2) is 0 Å². The SMILES string of the molecule is COc1cccc(C(=O)NCC(C)(C)N)c1O. The minimum absolute atomic E-state index is 0.165. The molecule has 0 saturated heterocycles. The third-order valence-electron chi connectivity index (χ3n) is 2.17. The van der Waals surface area contributed by atoms with Crippen molar-refractivity contribution in [3.8, 4) is 11.5 Å². The Balaban J connectivity index is 2.83. The molecule has 0 spiro atoms. The van der Waals surface area contributed by atoms with Crippen LogP contribution in [0.2, 0.25) is 0 Å². The quantitative estimate of drug-likeness (QED) is 0.726. The molecule has 0 aliphatic carbocycles. The van der Waals surface area contributed by atoms with Crippen molar-refractivity contribution >= 4 is 5.91 Å². The Morgan fingerprint density at radius 1 is 1.53 bits per heavy atom. The first-order valence-electron chi connectivity index (χ1n) is 5.28. The van der Waals surface area contributed by atoms with Gasteiger partial charge < -0.3 is 20.9 Å². The molecular weight excluding hydrogens is 220 g/mol. The second-order valence-electron chi connectivity index (χ2n) is 4.53. The lowest BCUT2D eigenvalue weighted by Gasteiger charge is -2.19. The van der Waals surface area contributed by atoms with Crippen LogP contribution in [0, 0.1) is 0 Å². The maximum Gasteiger partial charge on any atom is 0.255 e. The number of carbonyl (C=O) groups excluding carboxylic acids is 1. The summed E-state index contributed by atoms with van der Waals surface area (Å²) in [5.41, 5.74) is 5.43. The van der Waals surface area contributed by atoms with E-state index in [1.54, 1.807) is 26.0 Å². The lowest BCUT2D eigenvalue weighted by atomic mass is 10.1. The van der Waals surface area contributed by atoms with Crippen LogP contribution in [0.1, 0.15) is 24.2 Å². The number of ether oxygens (including phenoxy) is 1. The highest BCUT2D eigenvalue weighted by molar-refractivity contribution is 5.97. The van der Waals surface area contributed by atoms with E-state index in [1.807, 2.05) is 0 Å². The first-order chi connectivity index (χ1) is 7.85. The predicted octanol–water partition coefficient (Wildman–Crippen LogP) is 0.868. The zero-order valence-electron chi connectivity index (χ0n) is 10.3. The van der Waals surface area contributed by atoms with Gasteiger partial charge in [0.2, 0.25) is 0 Å². The van der Waals surface area contributed by atoms with Gasteiger partial charge in [0, 0.05) is 12.1 Å². The van der Waals surface area contributed by atoms with Crippen molar-refractivity contribution in [1.82, 2.24) is 5.32 Å². The number of phenols is 1. The Morgan fingerprint density at radius 3 is 2.71 bits per heavy atom. The first-order valence-corrected chi connectivity index (χ1v) is 5.28. The fourth-order valence-electron chi connectivity index (χ4n) is 1.27. The molecule has 0 aliphatic heterocycles. The molecule has 5 heteroatoms. The van der Waals surface area contributed by atoms with Crippen LogP contribution in [0.3, 0.4) is 0 Å². The second kappa shape index (κ2) is 5.05. The van der Waals surface area contributed by atoms with Gasteiger partial charge in [-0.05, 0) is 26.0 Å². The van der Waals surface area contributed by atoms with E-state index < -0.39 is 5.54 Å². The lowest BCUT2D eigenvalue weighted by molar-refractivity contribution is 0.0942. The van der Waals surface area contributed by atoms with Gasteiger partial charge in [0.05, 0.1) is 12.7 Å². The number of carbonyl (C=O) groups is 1. The summed E-state index contributed by atoms with van der Waals surface area (Å²) in [6, 6.07) is 4.75. The van der Waals surface area contributed by atoms with Crippen LogP contribution in [0.5, 0.6) is 11.5 Å². The normalized spacial score (nSPS) is 11.1. The van der Waals surface area contributed by atoms with Crippen LogP contribution in [-0.4, -0.2) is 30.2 Å². The van der Waals surface area contributed by atoms with Crippen molar-refractivity contribution in [3.05, 3.63) is 23.8 Å². The van der Waals surface area contributed by atoms with E-state index in [1.165, 1.54) is 13.2 Å².